The molecule has 1 aromatic rings. The maximum absolute atomic E-state index is 10.9. The van der Waals surface area contributed by atoms with E-state index >= 15 is 0 Å². The van der Waals surface area contributed by atoms with Crippen LogP contribution in [0.1, 0.15) is 13.8 Å². The van der Waals surface area contributed by atoms with Crippen LogP contribution in [-0.4, -0.2) is 31.1 Å². The van der Waals surface area contributed by atoms with Crippen LogP contribution in [0.15, 0.2) is 24.3 Å². The van der Waals surface area contributed by atoms with E-state index in [1.165, 1.54) is 6.92 Å². The maximum atomic E-state index is 10.9. The molecule has 0 aliphatic heterocycles. The lowest BCUT2D eigenvalue weighted by atomic mass is 10.2. The number of rotatable bonds is 4. The van der Waals surface area contributed by atoms with E-state index < -0.39 is 0 Å². The van der Waals surface area contributed by atoms with E-state index in [0.29, 0.717) is 0 Å². The van der Waals surface area contributed by atoms with Gasteiger partial charge in [0.05, 0.1) is 6.17 Å². The molecule has 0 bridgehead atoms. The number of carbonyl (C=O) groups is 1. The number of benzene rings is 1. The standard InChI is InChI=1S/C12H19N3O/c1-9(15(3)4)13-11-6-5-7-12(8-11)14-10(2)16/h5-9,13H,1-4H3,(H,14,16). The number of carbonyl (C=O) groups excluding carboxylic acids is 1. The second kappa shape index (κ2) is 5.51. The lowest BCUT2D eigenvalue weighted by Crippen LogP contribution is -2.32. The van der Waals surface area contributed by atoms with Crippen LogP contribution in [-0.2, 0) is 4.79 Å². The van der Waals surface area contributed by atoms with Gasteiger partial charge in [0.1, 0.15) is 0 Å². The Morgan fingerprint density at radius 1 is 1.31 bits per heavy atom. The Morgan fingerprint density at radius 2 is 1.94 bits per heavy atom. The fourth-order valence-corrected chi connectivity index (χ4v) is 1.26. The highest BCUT2D eigenvalue weighted by molar-refractivity contribution is 5.89. The van der Waals surface area contributed by atoms with Crippen molar-refractivity contribution in [2.24, 2.45) is 0 Å². The number of hydrogen-bond donors (Lipinski definition) is 2. The second-order valence-corrected chi connectivity index (χ2v) is 4.05. The number of nitrogens with zero attached hydrogens (tertiary/aromatic N) is 1. The zero-order chi connectivity index (χ0) is 12.1. The highest BCUT2D eigenvalue weighted by Crippen LogP contribution is 2.16. The maximum Gasteiger partial charge on any atom is 0.221 e. The fraction of sp³-hybridized carbons (Fsp3) is 0.417. The first-order valence-electron chi connectivity index (χ1n) is 5.29. The van der Waals surface area contributed by atoms with Crippen molar-refractivity contribution in [3.05, 3.63) is 24.3 Å². The average Bonchev–Trinajstić information content (AvgIpc) is 2.16. The lowest BCUT2D eigenvalue weighted by molar-refractivity contribution is -0.114. The Labute approximate surface area is 96.6 Å². The van der Waals surface area contributed by atoms with Gasteiger partial charge < -0.3 is 10.6 Å². The van der Waals surface area contributed by atoms with Crippen molar-refractivity contribution in [2.45, 2.75) is 20.0 Å². The largest absolute Gasteiger partial charge is 0.370 e. The van der Waals surface area contributed by atoms with Crippen LogP contribution in [0.2, 0.25) is 0 Å². The topological polar surface area (TPSA) is 44.4 Å². The zero-order valence-electron chi connectivity index (χ0n) is 10.2. The molecule has 1 unspecified atom stereocenters. The first-order valence-corrected chi connectivity index (χ1v) is 5.29. The molecule has 2 N–H and O–H groups in total. The van der Waals surface area contributed by atoms with Gasteiger partial charge >= 0.3 is 0 Å². The summed E-state index contributed by atoms with van der Waals surface area (Å²) in [5.41, 5.74) is 1.80. The van der Waals surface area contributed by atoms with Crippen LogP contribution in [0, 0.1) is 0 Å². The van der Waals surface area contributed by atoms with Crippen molar-refractivity contribution >= 4 is 17.3 Å². The minimum Gasteiger partial charge on any atom is -0.370 e. The van der Waals surface area contributed by atoms with Crippen LogP contribution in [0.25, 0.3) is 0 Å². The summed E-state index contributed by atoms with van der Waals surface area (Å²) in [5.74, 6) is -0.0576. The van der Waals surface area contributed by atoms with E-state index in [2.05, 4.69) is 22.5 Å². The molecule has 0 spiro atoms. The third-order valence-electron chi connectivity index (χ3n) is 2.33. The first-order chi connectivity index (χ1) is 7.49. The van der Waals surface area contributed by atoms with Crippen LogP contribution in [0.4, 0.5) is 11.4 Å². The average molecular weight is 221 g/mol. The Balaban J connectivity index is 2.70. The van der Waals surface area contributed by atoms with Gasteiger partial charge in [-0.15, -0.1) is 0 Å². The number of anilines is 2. The van der Waals surface area contributed by atoms with Crippen molar-refractivity contribution in [2.75, 3.05) is 24.7 Å². The SMILES string of the molecule is CC(=O)Nc1cccc(NC(C)N(C)C)c1. The Kier molecular flexibility index (Phi) is 4.31. The monoisotopic (exact) mass is 221 g/mol. The second-order valence-electron chi connectivity index (χ2n) is 4.05. The Morgan fingerprint density at radius 3 is 2.50 bits per heavy atom. The van der Waals surface area contributed by atoms with E-state index in [1.54, 1.807) is 0 Å². The quantitative estimate of drug-likeness (QED) is 0.764. The highest BCUT2D eigenvalue weighted by atomic mass is 16.1. The van der Waals surface area contributed by atoms with E-state index in [0.717, 1.165) is 11.4 Å². The van der Waals surface area contributed by atoms with E-state index in [4.69, 9.17) is 0 Å². The van der Waals surface area contributed by atoms with Crippen LogP contribution >= 0.6 is 0 Å². The lowest BCUT2D eigenvalue weighted by Gasteiger charge is -2.22. The van der Waals surface area contributed by atoms with Crippen LogP contribution in [0.5, 0.6) is 0 Å². The van der Waals surface area contributed by atoms with Crippen molar-refractivity contribution < 1.29 is 4.79 Å². The molecular weight excluding hydrogens is 202 g/mol. The molecule has 0 aliphatic carbocycles. The Bertz CT molecular complexity index is 363. The van der Waals surface area contributed by atoms with Crippen molar-refractivity contribution in [3.63, 3.8) is 0 Å². The van der Waals surface area contributed by atoms with Gasteiger partial charge in [0.2, 0.25) is 5.91 Å². The van der Waals surface area contributed by atoms with Crippen molar-refractivity contribution in [1.29, 1.82) is 0 Å². The minimum absolute atomic E-state index is 0.0576. The molecule has 0 radical (unpaired) electrons. The predicted octanol–water partition coefficient (Wildman–Crippen LogP) is 1.96. The third-order valence-corrected chi connectivity index (χ3v) is 2.33. The first kappa shape index (κ1) is 12.5. The van der Waals surface area contributed by atoms with Gasteiger partial charge in [-0.2, -0.15) is 0 Å². The molecule has 16 heavy (non-hydrogen) atoms. The molecular formula is C12H19N3O. The summed E-state index contributed by atoms with van der Waals surface area (Å²) < 4.78 is 0. The van der Waals surface area contributed by atoms with E-state index in [9.17, 15) is 4.79 Å². The van der Waals surface area contributed by atoms with Gasteiger partial charge in [0.25, 0.3) is 0 Å². The molecule has 88 valence electrons. The van der Waals surface area contributed by atoms with Crippen molar-refractivity contribution in [3.8, 4) is 0 Å². The zero-order valence-corrected chi connectivity index (χ0v) is 10.2. The number of nitrogens with one attached hydrogen (secondary N) is 2. The van der Waals surface area contributed by atoms with E-state index in [-0.39, 0.29) is 12.1 Å². The number of amides is 1. The molecule has 0 heterocycles. The van der Waals surface area contributed by atoms with Gasteiger partial charge in [-0.05, 0) is 39.2 Å². The van der Waals surface area contributed by atoms with E-state index in [1.807, 2.05) is 38.4 Å². The molecule has 1 atom stereocenters. The molecule has 4 nitrogen and oxygen atoms in total. The number of hydrogen-bond acceptors (Lipinski definition) is 3. The summed E-state index contributed by atoms with van der Waals surface area (Å²) >= 11 is 0. The molecule has 0 aliphatic rings. The third kappa shape index (κ3) is 3.90. The molecule has 1 rings (SSSR count). The molecule has 0 fully saturated rings. The van der Waals surface area contributed by atoms with Gasteiger partial charge in [0.15, 0.2) is 0 Å². The molecule has 0 saturated heterocycles. The van der Waals surface area contributed by atoms with Crippen molar-refractivity contribution in [1.82, 2.24) is 4.90 Å². The van der Waals surface area contributed by atoms with Gasteiger partial charge in [0, 0.05) is 18.3 Å². The summed E-state index contributed by atoms with van der Waals surface area (Å²) in [4.78, 5) is 13.0. The highest BCUT2D eigenvalue weighted by Gasteiger charge is 2.04. The predicted molar refractivity (Wildman–Crippen MR) is 67.5 cm³/mol. The molecule has 1 amide bonds. The van der Waals surface area contributed by atoms with Gasteiger partial charge in [-0.25, -0.2) is 0 Å². The summed E-state index contributed by atoms with van der Waals surface area (Å²) in [6, 6.07) is 7.68. The fourth-order valence-electron chi connectivity index (χ4n) is 1.26. The molecule has 4 heteroatoms. The molecule has 0 saturated carbocycles. The molecule has 0 aromatic heterocycles. The Hall–Kier alpha value is -1.55. The van der Waals surface area contributed by atoms with Crippen LogP contribution < -0.4 is 10.6 Å². The summed E-state index contributed by atoms with van der Waals surface area (Å²) in [6.45, 7) is 3.58. The van der Waals surface area contributed by atoms with Gasteiger partial charge in [-0.3, -0.25) is 9.69 Å². The summed E-state index contributed by atoms with van der Waals surface area (Å²) in [5, 5.41) is 6.08. The summed E-state index contributed by atoms with van der Waals surface area (Å²) in [7, 11) is 4.02. The normalized spacial score (nSPS) is 12.3. The van der Waals surface area contributed by atoms with Gasteiger partial charge in [-0.1, -0.05) is 6.07 Å². The van der Waals surface area contributed by atoms with Crippen LogP contribution in [0.3, 0.4) is 0 Å². The molecule has 1 aromatic carbocycles. The minimum atomic E-state index is -0.0576. The summed E-state index contributed by atoms with van der Waals surface area (Å²) in [6.07, 6.45) is 0.243. The smallest absolute Gasteiger partial charge is 0.221 e.